The summed E-state index contributed by atoms with van der Waals surface area (Å²) in [6.07, 6.45) is 0. The molecule has 0 bridgehead atoms. The summed E-state index contributed by atoms with van der Waals surface area (Å²) in [5, 5.41) is 0.0522. The lowest BCUT2D eigenvalue weighted by molar-refractivity contribution is -0.119. The monoisotopic (exact) mass is 178 g/mol. The van der Waals surface area contributed by atoms with Gasteiger partial charge in [-0.3, -0.25) is 9.52 Å². The Balaban J connectivity index is 2.71. The summed E-state index contributed by atoms with van der Waals surface area (Å²) in [6.45, 7) is 5.49. The van der Waals surface area contributed by atoms with Crippen LogP contribution < -0.4 is 9.44 Å². The van der Waals surface area contributed by atoms with Crippen molar-refractivity contribution >= 4 is 16.6 Å². The van der Waals surface area contributed by atoms with Crippen LogP contribution in [-0.2, 0) is 4.79 Å². The van der Waals surface area contributed by atoms with E-state index in [9.17, 15) is 9.35 Å². The Kier molecular flexibility index (Phi) is 2.13. The van der Waals surface area contributed by atoms with Crippen molar-refractivity contribution in [1.82, 2.24) is 9.44 Å². The van der Waals surface area contributed by atoms with Crippen LogP contribution in [0.15, 0.2) is 0 Å². The third-order valence-electron chi connectivity index (χ3n) is 1.69. The maximum Gasteiger partial charge on any atom is 0.248 e. The minimum absolute atomic E-state index is 0.0522. The molecule has 0 aromatic carbocycles. The highest BCUT2D eigenvalue weighted by molar-refractivity contribution is 8.27. The lowest BCUT2D eigenvalue weighted by atomic mass is 10.4. The molecule has 1 saturated heterocycles. The zero-order valence-electron chi connectivity index (χ0n) is 6.92. The molecule has 0 spiro atoms. The number of rotatable bonds is 1. The fraction of sp³-hybridized carbons (Fsp3) is 0.833. The Labute approximate surface area is 68.2 Å². The second kappa shape index (κ2) is 2.66. The van der Waals surface area contributed by atoms with Crippen molar-refractivity contribution in [3.8, 4) is 0 Å². The lowest BCUT2D eigenvalue weighted by Crippen LogP contribution is -2.29. The van der Waals surface area contributed by atoms with E-state index in [1.807, 2.05) is 13.8 Å². The summed E-state index contributed by atoms with van der Waals surface area (Å²) in [4.78, 5) is 11.0. The molecule has 5 heteroatoms. The average Bonchev–Trinajstić information content (AvgIpc) is 2.09. The van der Waals surface area contributed by atoms with E-state index in [-0.39, 0.29) is 17.2 Å². The Bertz CT molecular complexity index is 185. The Morgan fingerprint density at radius 2 is 2.18 bits per heavy atom. The van der Waals surface area contributed by atoms with Crippen LogP contribution in [0, 0.1) is 0 Å². The number of hydrogen-bond donors (Lipinski definition) is 3. The number of amides is 1. The molecule has 0 aromatic heterocycles. The summed E-state index contributed by atoms with van der Waals surface area (Å²) in [6, 6.07) is -0.266. The third-order valence-corrected chi connectivity index (χ3v) is 4.28. The van der Waals surface area contributed by atoms with E-state index in [4.69, 9.17) is 0 Å². The first kappa shape index (κ1) is 8.83. The predicted molar refractivity (Wildman–Crippen MR) is 46.1 cm³/mol. The van der Waals surface area contributed by atoms with Crippen LogP contribution in [0.4, 0.5) is 0 Å². The Morgan fingerprint density at radius 3 is 2.36 bits per heavy atom. The van der Waals surface area contributed by atoms with E-state index >= 15 is 0 Å². The molecule has 2 unspecified atom stereocenters. The first-order valence-electron chi connectivity index (χ1n) is 3.59. The van der Waals surface area contributed by atoms with Gasteiger partial charge in [0.05, 0.1) is 6.04 Å². The molecule has 4 nitrogen and oxygen atoms in total. The van der Waals surface area contributed by atoms with Crippen molar-refractivity contribution in [2.45, 2.75) is 32.1 Å². The molecule has 1 fully saturated rings. The highest BCUT2D eigenvalue weighted by atomic mass is 32.3. The van der Waals surface area contributed by atoms with Crippen molar-refractivity contribution in [2.24, 2.45) is 0 Å². The Hall–Kier alpha value is -0.260. The molecule has 3 N–H and O–H groups in total. The summed E-state index contributed by atoms with van der Waals surface area (Å²) < 4.78 is 15.2. The van der Waals surface area contributed by atoms with Gasteiger partial charge in [0, 0.05) is 5.25 Å². The normalized spacial score (nSPS) is 43.7. The molecule has 1 amide bonds. The SMILES string of the molecule is CC1NS(O)(C(C)C)NC1=O. The maximum absolute atomic E-state index is 11.0. The van der Waals surface area contributed by atoms with E-state index in [2.05, 4.69) is 9.44 Å². The standard InChI is InChI=1S/C6H14N2O2S/c1-4(2)11(10)7-5(3)6(9)8-11/h4-5,7,10H,1-3H3,(H,8,9). The van der Waals surface area contributed by atoms with Crippen LogP contribution in [0.3, 0.4) is 0 Å². The average molecular weight is 178 g/mol. The first-order valence-corrected chi connectivity index (χ1v) is 5.24. The third kappa shape index (κ3) is 1.50. The lowest BCUT2D eigenvalue weighted by Gasteiger charge is -2.32. The van der Waals surface area contributed by atoms with Crippen molar-refractivity contribution in [3.05, 3.63) is 0 Å². The van der Waals surface area contributed by atoms with Crippen LogP contribution in [-0.4, -0.2) is 21.8 Å². The molecule has 11 heavy (non-hydrogen) atoms. The smallest absolute Gasteiger partial charge is 0.248 e. The number of carbonyl (C=O) groups excluding carboxylic acids is 1. The Morgan fingerprint density at radius 1 is 1.64 bits per heavy atom. The molecule has 0 aromatic rings. The van der Waals surface area contributed by atoms with Crippen molar-refractivity contribution in [2.75, 3.05) is 0 Å². The van der Waals surface area contributed by atoms with Crippen LogP contribution in [0.25, 0.3) is 0 Å². The van der Waals surface area contributed by atoms with E-state index in [0.717, 1.165) is 0 Å². The molecule has 1 aliphatic heterocycles. The van der Waals surface area contributed by atoms with Gasteiger partial charge in [-0.1, -0.05) is 13.8 Å². The van der Waals surface area contributed by atoms with E-state index in [1.54, 1.807) is 6.92 Å². The van der Waals surface area contributed by atoms with Gasteiger partial charge >= 0.3 is 0 Å². The van der Waals surface area contributed by atoms with Gasteiger partial charge in [-0.05, 0) is 17.6 Å². The van der Waals surface area contributed by atoms with E-state index < -0.39 is 10.7 Å². The predicted octanol–water partition coefficient (Wildman–Crippen LogP) is 0.610. The first-order chi connectivity index (χ1) is 4.96. The topological polar surface area (TPSA) is 61.4 Å². The van der Waals surface area contributed by atoms with Crippen LogP contribution in [0.1, 0.15) is 20.8 Å². The fourth-order valence-corrected chi connectivity index (χ4v) is 2.54. The van der Waals surface area contributed by atoms with Crippen molar-refractivity contribution in [3.63, 3.8) is 0 Å². The number of hydrogen-bond acceptors (Lipinski definition) is 3. The quantitative estimate of drug-likeness (QED) is 0.551. The summed E-state index contributed by atoms with van der Waals surface area (Å²) >= 11 is 0. The van der Waals surface area contributed by atoms with Crippen LogP contribution in [0.5, 0.6) is 0 Å². The highest BCUT2D eigenvalue weighted by Crippen LogP contribution is 2.43. The van der Waals surface area contributed by atoms with Gasteiger partial charge in [-0.15, -0.1) is 0 Å². The van der Waals surface area contributed by atoms with Gasteiger partial charge in [-0.2, -0.15) is 0 Å². The zero-order chi connectivity index (χ0) is 8.65. The molecule has 2 atom stereocenters. The minimum Gasteiger partial charge on any atom is -0.321 e. The van der Waals surface area contributed by atoms with Crippen molar-refractivity contribution < 1.29 is 9.35 Å². The second-order valence-electron chi connectivity index (χ2n) is 2.98. The molecule has 1 rings (SSSR count). The molecule has 0 aliphatic carbocycles. The van der Waals surface area contributed by atoms with Gasteiger partial charge in [0.2, 0.25) is 5.91 Å². The van der Waals surface area contributed by atoms with Gasteiger partial charge in [0.1, 0.15) is 0 Å². The van der Waals surface area contributed by atoms with Gasteiger partial charge in [0.25, 0.3) is 0 Å². The number of carbonyl (C=O) groups is 1. The summed E-state index contributed by atoms with van der Waals surface area (Å²) in [7, 11) is -2.07. The molecular weight excluding hydrogens is 164 g/mol. The summed E-state index contributed by atoms with van der Waals surface area (Å²) in [5.74, 6) is -0.115. The molecule has 66 valence electrons. The largest absolute Gasteiger partial charge is 0.321 e. The number of nitrogens with one attached hydrogen (secondary N) is 2. The van der Waals surface area contributed by atoms with Gasteiger partial charge < -0.3 is 4.55 Å². The minimum atomic E-state index is -2.07. The van der Waals surface area contributed by atoms with E-state index in [0.29, 0.717) is 0 Å². The van der Waals surface area contributed by atoms with Crippen LogP contribution >= 0.6 is 10.7 Å². The molecule has 1 aliphatic rings. The van der Waals surface area contributed by atoms with Gasteiger partial charge in [0.15, 0.2) is 0 Å². The van der Waals surface area contributed by atoms with Gasteiger partial charge in [-0.25, -0.2) is 4.72 Å². The maximum atomic E-state index is 11.0. The van der Waals surface area contributed by atoms with Crippen molar-refractivity contribution in [1.29, 1.82) is 0 Å². The second-order valence-corrected chi connectivity index (χ2v) is 5.61. The van der Waals surface area contributed by atoms with E-state index in [1.165, 1.54) is 0 Å². The van der Waals surface area contributed by atoms with Crippen LogP contribution in [0.2, 0.25) is 0 Å². The molecular formula is C6H14N2O2S. The summed E-state index contributed by atoms with van der Waals surface area (Å²) in [5.41, 5.74) is 0. The fourth-order valence-electron chi connectivity index (χ4n) is 0.848. The zero-order valence-corrected chi connectivity index (χ0v) is 7.73. The molecule has 0 saturated carbocycles. The highest BCUT2D eigenvalue weighted by Gasteiger charge is 2.37. The molecule has 0 radical (unpaired) electrons. The molecule has 1 heterocycles.